The minimum absolute atomic E-state index is 0.00784. The second kappa shape index (κ2) is 12.2. The molecule has 0 atom stereocenters. The van der Waals surface area contributed by atoms with E-state index in [2.05, 4.69) is 20.3 Å². The number of nitrogens with one attached hydrogen (secondary N) is 2. The molecule has 2 N–H and O–H groups in total. The molecule has 1 aliphatic heterocycles. The number of fused-ring (bicyclic) bond motifs is 2. The molecule has 12 nitrogen and oxygen atoms in total. The summed E-state index contributed by atoms with van der Waals surface area (Å²) in [5.41, 5.74) is 1.05. The summed E-state index contributed by atoms with van der Waals surface area (Å²) in [6.07, 6.45) is -2.83. The van der Waals surface area contributed by atoms with E-state index in [4.69, 9.17) is 16.0 Å². The van der Waals surface area contributed by atoms with E-state index in [0.717, 1.165) is 18.2 Å². The second-order valence-electron chi connectivity index (χ2n) is 11.0. The first kappa shape index (κ1) is 31.8. The maximum atomic E-state index is 13.9. The summed E-state index contributed by atoms with van der Waals surface area (Å²) >= 11 is 6.07. The van der Waals surface area contributed by atoms with Crippen LogP contribution in [0.5, 0.6) is 0 Å². The molecule has 3 aromatic heterocycles. The Bertz CT molecular complexity index is 2170. The topological polar surface area (TPSA) is 146 Å². The summed E-state index contributed by atoms with van der Waals surface area (Å²) in [6.45, 7) is 4.25. The first-order chi connectivity index (χ1) is 22.3. The van der Waals surface area contributed by atoms with E-state index in [1.165, 1.54) is 6.20 Å². The third-order valence-corrected chi connectivity index (χ3v) is 8.25. The first-order valence-electron chi connectivity index (χ1n) is 14.6. The van der Waals surface area contributed by atoms with Crippen molar-refractivity contribution in [3.8, 4) is 0 Å². The summed E-state index contributed by atoms with van der Waals surface area (Å²) in [6, 6.07) is 7.44. The van der Waals surface area contributed by atoms with Crippen molar-refractivity contribution in [2.45, 2.75) is 33.0 Å². The molecule has 1 saturated heterocycles. The number of rotatable bonds is 6. The maximum Gasteiger partial charge on any atom is 0.417 e. The lowest BCUT2D eigenvalue weighted by molar-refractivity contribution is -0.137. The molecule has 4 heterocycles. The van der Waals surface area contributed by atoms with Gasteiger partial charge in [0.1, 0.15) is 12.2 Å². The fourth-order valence-corrected chi connectivity index (χ4v) is 5.97. The number of halogens is 4. The quantitative estimate of drug-likeness (QED) is 0.271. The van der Waals surface area contributed by atoms with Crippen molar-refractivity contribution >= 4 is 57.1 Å². The highest BCUT2D eigenvalue weighted by Crippen LogP contribution is 2.34. The molecular formula is C31H27ClF3N7O5. The summed E-state index contributed by atoms with van der Waals surface area (Å²) in [4.78, 5) is 67.2. The van der Waals surface area contributed by atoms with Gasteiger partial charge in [-0.3, -0.25) is 19.4 Å². The Morgan fingerprint density at radius 3 is 2.53 bits per heavy atom. The van der Waals surface area contributed by atoms with E-state index in [1.807, 2.05) is 11.8 Å². The van der Waals surface area contributed by atoms with Gasteiger partial charge in [-0.25, -0.2) is 14.8 Å². The first-order valence-corrected chi connectivity index (χ1v) is 14.9. The number of hydrogen-bond donors (Lipinski definition) is 2. The smallest absolute Gasteiger partial charge is 0.408 e. The van der Waals surface area contributed by atoms with Gasteiger partial charge in [0.15, 0.2) is 16.7 Å². The van der Waals surface area contributed by atoms with E-state index in [1.54, 1.807) is 34.6 Å². The van der Waals surface area contributed by atoms with Crippen molar-refractivity contribution in [3.63, 3.8) is 0 Å². The van der Waals surface area contributed by atoms with Crippen LogP contribution in [0.3, 0.4) is 0 Å². The number of anilines is 2. The van der Waals surface area contributed by atoms with Gasteiger partial charge in [0.2, 0.25) is 11.3 Å². The van der Waals surface area contributed by atoms with Crippen molar-refractivity contribution in [2.75, 3.05) is 36.4 Å². The van der Waals surface area contributed by atoms with Gasteiger partial charge in [0, 0.05) is 38.1 Å². The number of nitrogens with zero attached hydrogens (tertiary/aromatic N) is 5. The number of hydrogen-bond acceptors (Lipinski definition) is 8. The number of amides is 2. The maximum absolute atomic E-state index is 13.9. The van der Waals surface area contributed by atoms with Crippen molar-refractivity contribution in [2.24, 2.45) is 0 Å². The SMILES string of the molecule is CCc1c(N2CCN(C(=O)c3cccc4oc(=O)[nH]c34)CC2)c(=O)c2ncc(C)nc2n1CC(=O)Nc1ccc(C(F)(F)F)cc1Cl. The van der Waals surface area contributed by atoms with Crippen LogP contribution in [0.15, 0.2) is 56.6 Å². The minimum Gasteiger partial charge on any atom is -0.408 e. The van der Waals surface area contributed by atoms with E-state index < -0.39 is 23.4 Å². The van der Waals surface area contributed by atoms with E-state index in [-0.39, 0.29) is 77.1 Å². The molecule has 2 aromatic carbocycles. The van der Waals surface area contributed by atoms with Gasteiger partial charge in [-0.2, -0.15) is 13.2 Å². The Morgan fingerprint density at radius 2 is 1.85 bits per heavy atom. The van der Waals surface area contributed by atoms with Gasteiger partial charge in [0.05, 0.1) is 33.0 Å². The number of alkyl halides is 3. The Morgan fingerprint density at radius 1 is 1.11 bits per heavy atom. The number of para-hydroxylation sites is 1. The monoisotopic (exact) mass is 669 g/mol. The van der Waals surface area contributed by atoms with Crippen LogP contribution in [0.4, 0.5) is 24.5 Å². The number of carbonyl (C=O) groups excluding carboxylic acids is 2. The highest BCUT2D eigenvalue weighted by Gasteiger charge is 2.32. The Balaban J connectivity index is 1.30. The lowest BCUT2D eigenvalue weighted by Gasteiger charge is -2.37. The zero-order valence-corrected chi connectivity index (χ0v) is 25.8. The van der Waals surface area contributed by atoms with E-state index >= 15 is 0 Å². The highest BCUT2D eigenvalue weighted by atomic mass is 35.5. The van der Waals surface area contributed by atoms with Crippen LogP contribution >= 0.6 is 11.6 Å². The number of aromatic amines is 1. The van der Waals surface area contributed by atoms with Crippen LogP contribution in [0.1, 0.15) is 34.2 Å². The Hall–Kier alpha value is -5.18. The van der Waals surface area contributed by atoms with Crippen LogP contribution in [-0.4, -0.2) is 62.4 Å². The number of carbonyl (C=O) groups is 2. The Kier molecular flexibility index (Phi) is 8.26. The normalized spacial score (nSPS) is 13.8. The molecule has 47 heavy (non-hydrogen) atoms. The molecular weight excluding hydrogens is 643 g/mol. The van der Waals surface area contributed by atoms with Crippen molar-refractivity contribution in [3.05, 3.63) is 90.9 Å². The minimum atomic E-state index is -4.60. The van der Waals surface area contributed by atoms with E-state index in [0.29, 0.717) is 29.0 Å². The molecule has 2 amide bonds. The van der Waals surface area contributed by atoms with Gasteiger partial charge in [-0.05, 0) is 43.7 Å². The summed E-state index contributed by atoms with van der Waals surface area (Å²) in [7, 11) is 0. The molecule has 16 heteroatoms. The van der Waals surface area contributed by atoms with Gasteiger partial charge >= 0.3 is 11.9 Å². The van der Waals surface area contributed by atoms with Crippen LogP contribution in [0, 0.1) is 6.92 Å². The van der Waals surface area contributed by atoms with Crippen molar-refractivity contribution in [1.82, 2.24) is 24.4 Å². The molecule has 1 aliphatic rings. The van der Waals surface area contributed by atoms with Crippen LogP contribution < -0.4 is 21.4 Å². The van der Waals surface area contributed by atoms with Gasteiger partial charge in [-0.15, -0.1) is 0 Å². The number of pyridine rings is 1. The van der Waals surface area contributed by atoms with Gasteiger partial charge in [0.25, 0.3) is 5.91 Å². The molecule has 5 aromatic rings. The molecule has 0 radical (unpaired) electrons. The average molecular weight is 670 g/mol. The average Bonchev–Trinajstić information content (AvgIpc) is 3.42. The standard InChI is InChI=1S/C31H27ClF3N7O5/c1-3-21-26(40-9-11-41(12-10-40)29(45)18-5-4-6-22-24(18)39-30(46)47-22)27(44)25-28(37-16(2)14-36-25)42(21)15-23(43)38-20-8-7-17(13-19(20)32)31(33,34)35/h4-8,13-14H,3,9-12,15H2,1-2H3,(H,38,43)(H,39,46). The zero-order valence-electron chi connectivity index (χ0n) is 25.1. The van der Waals surface area contributed by atoms with Gasteiger partial charge < -0.3 is 24.1 Å². The number of H-pyrrole nitrogens is 1. The third kappa shape index (κ3) is 6.05. The largest absolute Gasteiger partial charge is 0.417 e. The molecule has 1 fully saturated rings. The number of benzene rings is 2. The van der Waals surface area contributed by atoms with Crippen molar-refractivity contribution in [1.29, 1.82) is 0 Å². The van der Waals surface area contributed by atoms with Crippen LogP contribution in [0.2, 0.25) is 5.02 Å². The Labute approximate surface area is 268 Å². The summed E-state index contributed by atoms with van der Waals surface area (Å²) in [5.74, 6) is -1.58. The lowest BCUT2D eigenvalue weighted by atomic mass is 10.1. The predicted molar refractivity (Wildman–Crippen MR) is 168 cm³/mol. The predicted octanol–water partition coefficient (Wildman–Crippen LogP) is 4.37. The third-order valence-electron chi connectivity index (χ3n) is 7.94. The molecule has 0 bridgehead atoms. The summed E-state index contributed by atoms with van der Waals surface area (Å²) < 4.78 is 46.0. The molecule has 0 spiro atoms. The second-order valence-corrected chi connectivity index (χ2v) is 11.4. The van der Waals surface area contributed by atoms with Crippen molar-refractivity contribution < 1.29 is 27.2 Å². The molecule has 0 aliphatic carbocycles. The van der Waals surface area contributed by atoms with Crippen LogP contribution in [-0.2, 0) is 23.9 Å². The fraction of sp³-hybridized carbons (Fsp3) is 0.290. The molecule has 244 valence electrons. The van der Waals surface area contributed by atoms with Gasteiger partial charge in [-0.1, -0.05) is 24.6 Å². The lowest BCUT2D eigenvalue weighted by Crippen LogP contribution is -2.50. The van der Waals surface area contributed by atoms with Crippen LogP contribution in [0.25, 0.3) is 22.3 Å². The molecule has 6 rings (SSSR count). The number of piperazine rings is 1. The zero-order chi connectivity index (χ0) is 33.6. The molecule has 0 unspecified atom stereocenters. The fourth-order valence-electron chi connectivity index (χ4n) is 5.75. The highest BCUT2D eigenvalue weighted by molar-refractivity contribution is 6.33. The summed E-state index contributed by atoms with van der Waals surface area (Å²) in [5, 5.41) is 2.27. The number of oxazole rings is 1. The number of aryl methyl sites for hydroxylation is 1. The number of aromatic nitrogens is 4. The molecule has 0 saturated carbocycles. The van der Waals surface area contributed by atoms with E-state index in [9.17, 15) is 32.3 Å².